The Hall–Kier alpha value is -3.44. The molecule has 232 valence electrons. The monoisotopic (exact) mass is 610 g/mol. The molecule has 1 aliphatic heterocycles. The summed E-state index contributed by atoms with van der Waals surface area (Å²) in [5.74, 6) is 0.570. The molecule has 0 saturated carbocycles. The number of nitrogens with zero attached hydrogens (tertiary/aromatic N) is 1. The summed E-state index contributed by atoms with van der Waals surface area (Å²) < 4.78 is 45.5. The number of sulfonamides is 1. The number of hydrogen-bond acceptors (Lipinski definition) is 7. The van der Waals surface area contributed by atoms with Crippen molar-refractivity contribution >= 4 is 15.9 Å². The second-order valence-electron chi connectivity index (χ2n) is 11.3. The predicted octanol–water partition coefficient (Wildman–Crippen LogP) is 4.22. The number of carbonyl (C=O) groups is 1. The van der Waals surface area contributed by atoms with E-state index in [0.717, 1.165) is 17.5 Å². The SMILES string of the molecule is COc1ccc(S(=O)(=O)N(CC(C)C)C[C@@H](O)[C@H](Cc2ccccc2)NC(=O)c2ccc(C)cc2O[C@H]2CCOC2)cc1. The number of aliphatic hydroxyl groups is 1. The van der Waals surface area contributed by atoms with Crippen LogP contribution < -0.4 is 14.8 Å². The van der Waals surface area contributed by atoms with Crippen molar-refractivity contribution in [3.8, 4) is 11.5 Å². The van der Waals surface area contributed by atoms with Crippen LogP contribution in [0.15, 0.2) is 77.7 Å². The summed E-state index contributed by atoms with van der Waals surface area (Å²) in [4.78, 5) is 13.8. The predicted molar refractivity (Wildman–Crippen MR) is 165 cm³/mol. The number of hydrogen-bond donors (Lipinski definition) is 2. The summed E-state index contributed by atoms with van der Waals surface area (Å²) in [6.07, 6.45) is -0.330. The van der Waals surface area contributed by atoms with E-state index in [-0.39, 0.29) is 30.0 Å². The first-order chi connectivity index (χ1) is 20.6. The van der Waals surface area contributed by atoms with Crippen LogP contribution in [0.5, 0.6) is 11.5 Å². The third-order valence-electron chi connectivity index (χ3n) is 7.30. The quantitative estimate of drug-likeness (QED) is 0.281. The Kier molecular flexibility index (Phi) is 11.2. The molecule has 0 bridgehead atoms. The minimum atomic E-state index is -3.95. The first kappa shape index (κ1) is 32.5. The van der Waals surface area contributed by atoms with Crippen LogP contribution in [-0.2, 0) is 21.2 Å². The lowest BCUT2D eigenvalue weighted by Gasteiger charge is -2.31. The summed E-state index contributed by atoms with van der Waals surface area (Å²) in [6, 6.07) is 20.2. The highest BCUT2D eigenvalue weighted by molar-refractivity contribution is 7.89. The molecule has 4 rings (SSSR count). The maximum absolute atomic E-state index is 13.7. The molecule has 9 nitrogen and oxygen atoms in total. The van der Waals surface area contributed by atoms with Crippen molar-refractivity contribution in [2.24, 2.45) is 5.92 Å². The summed E-state index contributed by atoms with van der Waals surface area (Å²) >= 11 is 0. The van der Waals surface area contributed by atoms with E-state index in [2.05, 4.69) is 5.32 Å². The van der Waals surface area contributed by atoms with Gasteiger partial charge in [0.25, 0.3) is 5.91 Å². The Balaban J connectivity index is 1.60. The van der Waals surface area contributed by atoms with Crippen molar-refractivity contribution in [1.29, 1.82) is 0 Å². The minimum absolute atomic E-state index is 0.00535. The number of benzene rings is 3. The molecule has 3 aromatic rings. The Morgan fingerprint density at radius 3 is 2.42 bits per heavy atom. The number of methoxy groups -OCH3 is 1. The molecular weight excluding hydrogens is 568 g/mol. The van der Waals surface area contributed by atoms with E-state index >= 15 is 0 Å². The van der Waals surface area contributed by atoms with Gasteiger partial charge in [-0.15, -0.1) is 0 Å². The zero-order chi connectivity index (χ0) is 31.0. The molecular formula is C33H42N2O7S. The molecule has 1 fully saturated rings. The van der Waals surface area contributed by atoms with Gasteiger partial charge in [-0.25, -0.2) is 8.42 Å². The number of carbonyl (C=O) groups excluding carboxylic acids is 1. The van der Waals surface area contributed by atoms with Crippen molar-refractivity contribution in [1.82, 2.24) is 9.62 Å². The molecule has 0 radical (unpaired) electrons. The molecule has 0 aliphatic carbocycles. The Morgan fingerprint density at radius 1 is 1.07 bits per heavy atom. The highest BCUT2D eigenvalue weighted by Crippen LogP contribution is 2.25. The van der Waals surface area contributed by atoms with Gasteiger partial charge < -0.3 is 24.6 Å². The lowest BCUT2D eigenvalue weighted by molar-refractivity contribution is 0.0769. The summed E-state index contributed by atoms with van der Waals surface area (Å²) in [7, 11) is -2.44. The normalized spacial score (nSPS) is 16.7. The summed E-state index contributed by atoms with van der Waals surface area (Å²) in [5, 5.41) is 14.6. The van der Waals surface area contributed by atoms with Gasteiger partial charge in [-0.1, -0.05) is 50.2 Å². The van der Waals surface area contributed by atoms with Crippen molar-refractivity contribution < 1.29 is 32.5 Å². The van der Waals surface area contributed by atoms with Crippen LogP contribution in [0.25, 0.3) is 0 Å². The van der Waals surface area contributed by atoms with Gasteiger partial charge in [-0.2, -0.15) is 4.31 Å². The number of amides is 1. The van der Waals surface area contributed by atoms with Crippen LogP contribution in [0.1, 0.15) is 41.8 Å². The smallest absolute Gasteiger partial charge is 0.255 e. The molecule has 0 spiro atoms. The first-order valence-corrected chi connectivity index (χ1v) is 16.0. The van der Waals surface area contributed by atoms with Gasteiger partial charge in [-0.05, 0) is 66.8 Å². The second-order valence-corrected chi connectivity index (χ2v) is 13.3. The van der Waals surface area contributed by atoms with E-state index in [1.807, 2.05) is 63.2 Å². The fourth-order valence-corrected chi connectivity index (χ4v) is 6.63. The van der Waals surface area contributed by atoms with Crippen LogP contribution in [-0.4, -0.2) is 75.4 Å². The largest absolute Gasteiger partial charge is 0.497 e. The van der Waals surface area contributed by atoms with Crippen LogP contribution in [0.2, 0.25) is 0 Å². The third-order valence-corrected chi connectivity index (χ3v) is 9.15. The highest BCUT2D eigenvalue weighted by Gasteiger charge is 2.32. The maximum Gasteiger partial charge on any atom is 0.255 e. The lowest BCUT2D eigenvalue weighted by atomic mass is 10.00. The van der Waals surface area contributed by atoms with E-state index < -0.39 is 28.1 Å². The first-order valence-electron chi connectivity index (χ1n) is 14.6. The van der Waals surface area contributed by atoms with Gasteiger partial charge in [0.1, 0.15) is 17.6 Å². The number of aliphatic hydroxyl groups excluding tert-OH is 1. The zero-order valence-corrected chi connectivity index (χ0v) is 26.0. The molecule has 3 aromatic carbocycles. The second kappa shape index (κ2) is 14.8. The molecule has 0 aromatic heterocycles. The number of aryl methyl sites for hydroxylation is 1. The standard InChI is InChI=1S/C33H42N2O7S/c1-23(2)20-35(43(38,39)28-13-11-26(40-4)12-14-28)21-31(36)30(19-25-8-6-5-7-9-25)34-33(37)29-15-10-24(3)18-32(29)42-27-16-17-41-22-27/h5-15,18,23,27,30-31,36H,16-17,19-22H2,1-4H3,(H,34,37)/t27-,30-,31+/m0/s1. The molecule has 0 unspecified atom stereocenters. The number of ether oxygens (including phenoxy) is 3. The fourth-order valence-electron chi connectivity index (χ4n) is 5.01. The average Bonchev–Trinajstić information content (AvgIpc) is 3.50. The van der Waals surface area contributed by atoms with Gasteiger partial charge in [-0.3, -0.25) is 4.79 Å². The molecule has 1 aliphatic rings. The molecule has 3 atom stereocenters. The highest BCUT2D eigenvalue weighted by atomic mass is 32.2. The molecule has 10 heteroatoms. The van der Waals surface area contributed by atoms with E-state index in [1.165, 1.54) is 23.5 Å². The van der Waals surface area contributed by atoms with Gasteiger partial charge in [0.05, 0.1) is 42.9 Å². The Labute approximate surface area is 254 Å². The van der Waals surface area contributed by atoms with Gasteiger partial charge in [0.15, 0.2) is 0 Å². The number of rotatable bonds is 14. The molecule has 1 heterocycles. The third kappa shape index (κ3) is 8.79. The van der Waals surface area contributed by atoms with Crippen LogP contribution in [0.3, 0.4) is 0 Å². The molecule has 43 heavy (non-hydrogen) atoms. The Morgan fingerprint density at radius 2 is 1.79 bits per heavy atom. The van der Waals surface area contributed by atoms with Crippen molar-refractivity contribution in [2.45, 2.75) is 56.8 Å². The van der Waals surface area contributed by atoms with E-state index in [9.17, 15) is 18.3 Å². The zero-order valence-electron chi connectivity index (χ0n) is 25.2. The average molecular weight is 611 g/mol. The topological polar surface area (TPSA) is 114 Å². The van der Waals surface area contributed by atoms with Crippen LogP contribution in [0.4, 0.5) is 0 Å². The van der Waals surface area contributed by atoms with Crippen molar-refractivity contribution in [3.63, 3.8) is 0 Å². The lowest BCUT2D eigenvalue weighted by Crippen LogP contribution is -2.51. The molecule has 1 saturated heterocycles. The van der Waals surface area contributed by atoms with E-state index in [4.69, 9.17) is 14.2 Å². The van der Waals surface area contributed by atoms with E-state index in [1.54, 1.807) is 18.2 Å². The van der Waals surface area contributed by atoms with Crippen molar-refractivity contribution in [2.75, 3.05) is 33.4 Å². The Bertz CT molecular complexity index is 1440. The summed E-state index contributed by atoms with van der Waals surface area (Å²) in [5.41, 5.74) is 2.18. The van der Waals surface area contributed by atoms with Gasteiger partial charge in [0.2, 0.25) is 10.0 Å². The molecule has 1 amide bonds. The van der Waals surface area contributed by atoms with Crippen LogP contribution in [0, 0.1) is 12.8 Å². The van der Waals surface area contributed by atoms with E-state index in [0.29, 0.717) is 36.7 Å². The fraction of sp³-hybridized carbons (Fsp3) is 0.424. The van der Waals surface area contributed by atoms with Gasteiger partial charge in [0, 0.05) is 19.5 Å². The van der Waals surface area contributed by atoms with Gasteiger partial charge >= 0.3 is 0 Å². The minimum Gasteiger partial charge on any atom is -0.497 e. The number of nitrogens with one attached hydrogen (secondary N) is 1. The summed E-state index contributed by atoms with van der Waals surface area (Å²) in [6.45, 7) is 6.81. The van der Waals surface area contributed by atoms with Crippen molar-refractivity contribution in [3.05, 3.63) is 89.5 Å². The molecule has 2 N–H and O–H groups in total. The maximum atomic E-state index is 13.7. The van der Waals surface area contributed by atoms with Crippen LogP contribution >= 0.6 is 0 Å².